The van der Waals surface area contributed by atoms with Crippen molar-refractivity contribution in [2.75, 3.05) is 49.4 Å². The van der Waals surface area contributed by atoms with Crippen molar-refractivity contribution in [2.24, 2.45) is 0 Å². The number of ether oxygens (including phenoxy) is 5. The van der Waals surface area contributed by atoms with E-state index < -0.39 is 214 Å². The molecule has 0 N–H and O–H groups in total. The largest absolute Gasteiger partial charge is 0.459 e. The van der Waals surface area contributed by atoms with E-state index in [4.69, 9.17) is 0 Å². The van der Waals surface area contributed by atoms with Crippen LogP contribution >= 0.6 is 63.1 Å². The quantitative estimate of drug-likeness (QED) is 0.0198. The molecule has 0 saturated carbocycles. The van der Waals surface area contributed by atoms with Crippen molar-refractivity contribution in [3.8, 4) is 0 Å². The third-order valence-corrected chi connectivity index (χ3v) is 10.4. The van der Waals surface area contributed by atoms with Crippen LogP contribution in [-0.4, -0.2) is 212 Å². The first-order valence-electron chi connectivity index (χ1n) is 22.6. The highest BCUT2D eigenvalue weighted by Crippen LogP contribution is 2.59. The van der Waals surface area contributed by atoms with Gasteiger partial charge in [0.1, 0.15) is 0 Å². The van der Waals surface area contributed by atoms with Gasteiger partial charge in [0.05, 0.1) is 30.3 Å². The third kappa shape index (κ3) is 26.3. The SMILES string of the molecule is CC(S)C(=O)OCC(F)(F)C(F)(F)C(F)(F)C(F)F.O=C(CCS)OC(C(F)(F)F)C(F)(F)F.O=C(CCS)OCC(F)(F)C(F)(F)C(F)(F)C(F)(F)C(F)(F)C(F)F.O=C(CCS)OCC(F)(F)C(F)(F)C(F)(F)C(F)F.O=C(CS)OCC(F)(F)C(F)(F)C(F)(F)C(F)F. The number of alkyl halides is 42. The summed E-state index contributed by atoms with van der Waals surface area (Å²) in [5, 5.41) is -1.28. The Morgan fingerprint density at radius 2 is 0.531 bits per heavy atom. The molecular formula is C39H36F42O10S5. The Bertz CT molecular complexity index is 2380. The summed E-state index contributed by atoms with van der Waals surface area (Å²) in [5.41, 5.74) is 0. The molecule has 0 bridgehead atoms. The molecule has 0 aliphatic heterocycles. The Labute approximate surface area is 532 Å². The van der Waals surface area contributed by atoms with Gasteiger partial charge in [-0.25, -0.2) is 35.1 Å². The summed E-state index contributed by atoms with van der Waals surface area (Å²) < 4.78 is 538. The number of esters is 5. The van der Waals surface area contributed by atoms with Crippen LogP contribution in [0.15, 0.2) is 0 Å². The summed E-state index contributed by atoms with van der Waals surface area (Å²) in [6, 6.07) is 0. The zero-order valence-electron chi connectivity index (χ0n) is 44.9. The molecule has 1 atom stereocenters. The fraction of sp³-hybridized carbons (Fsp3) is 0.872. The fourth-order valence-corrected chi connectivity index (χ4v) is 4.76. The molecule has 0 aliphatic rings. The molecule has 0 fully saturated rings. The van der Waals surface area contributed by atoms with Crippen LogP contribution in [-0.2, 0) is 47.7 Å². The summed E-state index contributed by atoms with van der Waals surface area (Å²) in [5.74, 6) is -99.8. The summed E-state index contributed by atoms with van der Waals surface area (Å²) >= 11 is 17.0. The van der Waals surface area contributed by atoms with Gasteiger partial charge in [0.15, 0.2) is 26.4 Å². The van der Waals surface area contributed by atoms with Crippen LogP contribution in [0.3, 0.4) is 0 Å². The number of rotatable bonds is 31. The normalized spacial score (nSPS) is 14.3. The first-order valence-corrected chi connectivity index (χ1v) is 25.6. The summed E-state index contributed by atoms with van der Waals surface area (Å²) in [7, 11) is 0. The van der Waals surface area contributed by atoms with E-state index in [0.29, 0.717) is 0 Å². The molecule has 10 nitrogen and oxygen atoms in total. The second-order valence-electron chi connectivity index (χ2n) is 16.8. The van der Waals surface area contributed by atoms with E-state index in [-0.39, 0.29) is 17.3 Å². The Morgan fingerprint density at radius 1 is 0.312 bits per heavy atom. The van der Waals surface area contributed by atoms with E-state index in [0.717, 1.165) is 6.92 Å². The molecule has 0 aliphatic carbocycles. The van der Waals surface area contributed by atoms with Gasteiger partial charge in [-0.05, 0) is 6.92 Å². The van der Waals surface area contributed by atoms with Crippen LogP contribution < -0.4 is 0 Å². The lowest BCUT2D eigenvalue weighted by molar-refractivity contribution is -0.414. The van der Waals surface area contributed by atoms with Crippen LogP contribution in [0.5, 0.6) is 0 Å². The van der Waals surface area contributed by atoms with Gasteiger partial charge in [-0.3, -0.25) is 24.0 Å². The fourth-order valence-electron chi connectivity index (χ4n) is 4.05. The Kier molecular flexibility index (Phi) is 39.1. The van der Waals surface area contributed by atoms with Gasteiger partial charge in [-0.15, -0.1) is 0 Å². The predicted octanol–water partition coefficient (Wildman–Crippen LogP) is 15.3. The lowest BCUT2D eigenvalue weighted by Gasteiger charge is -2.38. The van der Waals surface area contributed by atoms with Gasteiger partial charge < -0.3 is 23.7 Å². The third-order valence-electron chi connectivity index (χ3n) is 9.30. The zero-order chi connectivity index (χ0) is 78.7. The maximum absolute atomic E-state index is 13.1. The van der Waals surface area contributed by atoms with Crippen LogP contribution in [0.25, 0.3) is 0 Å². The Morgan fingerprint density at radius 3 is 0.750 bits per heavy atom. The highest BCUT2D eigenvalue weighted by molar-refractivity contribution is 7.81. The highest BCUT2D eigenvalue weighted by Gasteiger charge is 2.88. The molecule has 57 heteroatoms. The molecule has 96 heavy (non-hydrogen) atoms. The van der Waals surface area contributed by atoms with E-state index in [1.807, 2.05) is 0 Å². The second-order valence-corrected chi connectivity index (χ2v) is 19.2. The minimum Gasteiger partial charge on any atom is -0.459 e. The zero-order valence-corrected chi connectivity index (χ0v) is 49.4. The van der Waals surface area contributed by atoms with Crippen molar-refractivity contribution in [3.63, 3.8) is 0 Å². The van der Waals surface area contributed by atoms with Crippen molar-refractivity contribution < 1.29 is 232 Å². The molecule has 0 aromatic carbocycles. The van der Waals surface area contributed by atoms with Crippen molar-refractivity contribution >= 4 is 93.0 Å². The van der Waals surface area contributed by atoms with E-state index in [9.17, 15) is 208 Å². The van der Waals surface area contributed by atoms with Gasteiger partial charge >= 0.3 is 151 Å². The Balaban J connectivity index is -0.000000363. The van der Waals surface area contributed by atoms with Gasteiger partial charge in [-0.2, -0.15) is 212 Å². The first-order chi connectivity index (χ1) is 42.1. The molecule has 0 radical (unpaired) electrons. The molecular weight excluding hydrogens is 1590 g/mol. The molecule has 0 spiro atoms. The monoisotopic (exact) mass is 1620 g/mol. The topological polar surface area (TPSA) is 132 Å². The van der Waals surface area contributed by atoms with Crippen molar-refractivity contribution in [1.29, 1.82) is 0 Å². The molecule has 576 valence electrons. The Hall–Kier alpha value is -3.84. The van der Waals surface area contributed by atoms with Crippen LogP contribution in [0.1, 0.15) is 26.2 Å². The van der Waals surface area contributed by atoms with Crippen LogP contribution in [0.2, 0.25) is 0 Å². The number of carbonyl (C=O) groups is 5. The first kappa shape index (κ1) is 101. The minimum atomic E-state index is -7.63. The van der Waals surface area contributed by atoms with Gasteiger partial charge in [0, 0.05) is 17.3 Å². The number of carbonyl (C=O) groups excluding carboxylic acids is 5. The average Bonchev–Trinajstić information content (AvgIpc) is 0.724. The van der Waals surface area contributed by atoms with Crippen molar-refractivity contribution in [3.05, 3.63) is 0 Å². The lowest BCUT2D eigenvalue weighted by Crippen LogP contribution is -2.69. The molecule has 0 heterocycles. The van der Waals surface area contributed by atoms with Gasteiger partial charge in [-0.1, -0.05) is 0 Å². The van der Waals surface area contributed by atoms with Gasteiger partial charge in [0.25, 0.3) is 6.10 Å². The number of hydrogen-bond acceptors (Lipinski definition) is 15. The van der Waals surface area contributed by atoms with Crippen LogP contribution in [0.4, 0.5) is 184 Å². The standard InChI is InChI=1S/C10H8F12O2S.2C8H8F8O2S.C7H6F8O2S.C6H6F6O2S/c11-5(12)7(15,16)9(19,20)10(21,22)8(17,18)6(13,14)3-24-4(23)1-2-25;1-3(19)4(17)18-2-6(11,12)8(15,16)7(13,14)5(9)10;9-5(10)7(13,14)8(15,16)6(11,12)3-18-4(17)1-2-19;8-4(9)6(12,13)7(14,15)5(10,11)2-17-3(16)1-18;7-5(8,9)4(6(10,11)12)14-3(13)1-2-15/h5,25H,1-3H2;3,5,19H,2H2,1H3;5,19H,1-3H2;4,18H,1-2H2;4,15H,1-2H2. The maximum Gasteiger partial charge on any atom is 0.434 e. The summed E-state index contributed by atoms with van der Waals surface area (Å²) in [6.07, 6.45) is -37.9. The average molecular weight is 1620 g/mol. The maximum atomic E-state index is 13.1. The molecule has 0 aromatic rings. The predicted molar refractivity (Wildman–Crippen MR) is 247 cm³/mol. The minimum absolute atomic E-state index is 0.159. The number of hydrogen-bond donors (Lipinski definition) is 5. The van der Waals surface area contributed by atoms with E-state index >= 15 is 0 Å². The molecule has 1 unspecified atom stereocenters. The molecule has 0 amide bonds. The molecule has 0 saturated heterocycles. The van der Waals surface area contributed by atoms with Gasteiger partial charge in [0.2, 0.25) is 0 Å². The lowest BCUT2D eigenvalue weighted by atomic mass is 9.94. The van der Waals surface area contributed by atoms with Crippen molar-refractivity contribution in [1.82, 2.24) is 0 Å². The highest BCUT2D eigenvalue weighted by atomic mass is 32.1. The van der Waals surface area contributed by atoms with Crippen molar-refractivity contribution in [2.45, 2.75) is 159 Å². The number of halogens is 42. The summed E-state index contributed by atoms with van der Waals surface area (Å²) in [6.45, 7) is -9.21. The van der Waals surface area contributed by atoms with E-state index in [1.165, 1.54) is 0 Å². The number of thiol groups is 5. The second kappa shape index (κ2) is 37.2. The smallest absolute Gasteiger partial charge is 0.434 e. The molecule has 0 rings (SSSR count). The van der Waals surface area contributed by atoms with E-state index in [1.54, 1.807) is 0 Å². The molecule has 0 aromatic heterocycles. The van der Waals surface area contributed by atoms with E-state index in [2.05, 4.69) is 86.8 Å². The van der Waals surface area contributed by atoms with Crippen LogP contribution in [0, 0.1) is 0 Å². The summed E-state index contributed by atoms with van der Waals surface area (Å²) in [4.78, 5) is 52.8.